The zero-order valence-electron chi connectivity index (χ0n) is 15.4. The fourth-order valence-corrected chi connectivity index (χ4v) is 3.83. The van der Waals surface area contributed by atoms with Crippen molar-refractivity contribution in [2.24, 2.45) is 7.05 Å². The molecule has 0 atom stereocenters. The van der Waals surface area contributed by atoms with Gasteiger partial charge in [-0.2, -0.15) is 0 Å². The van der Waals surface area contributed by atoms with Gasteiger partial charge in [-0.1, -0.05) is 41.7 Å². The normalized spacial score (nSPS) is 10.9. The summed E-state index contributed by atoms with van der Waals surface area (Å²) >= 11 is 1.24. The van der Waals surface area contributed by atoms with Gasteiger partial charge in [0.15, 0.2) is 10.8 Å². The minimum atomic E-state index is -0.421. The van der Waals surface area contributed by atoms with Crippen molar-refractivity contribution in [3.05, 3.63) is 81.0 Å². The lowest BCUT2D eigenvalue weighted by atomic mass is 10.2. The molecule has 0 unspecified atom stereocenters. The number of aromatic nitrogens is 3. The van der Waals surface area contributed by atoms with Crippen LogP contribution in [0.5, 0.6) is 5.75 Å². The predicted octanol–water partition coefficient (Wildman–Crippen LogP) is 2.77. The molecule has 4 aromatic rings. The lowest BCUT2D eigenvalue weighted by Crippen LogP contribution is -2.37. The van der Waals surface area contributed by atoms with Crippen LogP contribution in [0.25, 0.3) is 16.0 Å². The van der Waals surface area contributed by atoms with Gasteiger partial charge < -0.3 is 10.1 Å². The van der Waals surface area contributed by atoms with Gasteiger partial charge in [0.05, 0.1) is 12.8 Å². The molecular weight excluding hydrogens is 376 g/mol. The highest BCUT2D eigenvalue weighted by Crippen LogP contribution is 2.23. The summed E-state index contributed by atoms with van der Waals surface area (Å²) in [5, 5.41) is 3.81. The standard InChI is InChI=1S/C20H18N4O3S/c1-23-17-16(18(25)24(20(23)26)14-6-4-3-5-7-14)28-19(22-17)21-12-13-8-10-15(27-2)11-9-13/h3-11H,12H2,1-2H3,(H,21,22). The van der Waals surface area contributed by atoms with Crippen molar-refractivity contribution < 1.29 is 4.74 Å². The molecule has 0 saturated carbocycles. The Morgan fingerprint density at radius 3 is 2.46 bits per heavy atom. The first-order valence-electron chi connectivity index (χ1n) is 8.63. The molecule has 8 heteroatoms. The Hall–Kier alpha value is -3.39. The number of methoxy groups -OCH3 is 1. The maximum absolute atomic E-state index is 12.9. The van der Waals surface area contributed by atoms with Gasteiger partial charge in [-0.25, -0.2) is 14.3 Å². The molecule has 0 amide bonds. The van der Waals surface area contributed by atoms with Crippen LogP contribution in [-0.2, 0) is 13.6 Å². The number of para-hydroxylation sites is 1. The molecule has 1 N–H and O–H groups in total. The molecular formula is C20H18N4O3S. The van der Waals surface area contributed by atoms with Crippen LogP contribution in [0.4, 0.5) is 5.13 Å². The van der Waals surface area contributed by atoms with Gasteiger partial charge in [-0.3, -0.25) is 9.36 Å². The first-order chi connectivity index (χ1) is 13.6. The average Bonchev–Trinajstić information content (AvgIpc) is 3.17. The Balaban J connectivity index is 1.70. The van der Waals surface area contributed by atoms with Gasteiger partial charge in [0.2, 0.25) is 0 Å². The van der Waals surface area contributed by atoms with E-state index < -0.39 is 5.69 Å². The lowest BCUT2D eigenvalue weighted by molar-refractivity contribution is 0.414. The Labute approximate surface area is 164 Å². The van der Waals surface area contributed by atoms with Gasteiger partial charge in [-0.15, -0.1) is 0 Å². The summed E-state index contributed by atoms with van der Waals surface area (Å²) in [6.07, 6.45) is 0. The maximum atomic E-state index is 12.9. The van der Waals surface area contributed by atoms with Crippen LogP contribution in [0.3, 0.4) is 0 Å². The fraction of sp³-hybridized carbons (Fsp3) is 0.150. The van der Waals surface area contributed by atoms with Crippen LogP contribution in [0.2, 0.25) is 0 Å². The first-order valence-corrected chi connectivity index (χ1v) is 9.45. The molecule has 0 aliphatic carbocycles. The van der Waals surface area contributed by atoms with Crippen LogP contribution in [-0.4, -0.2) is 21.2 Å². The number of anilines is 1. The molecule has 4 rings (SSSR count). The Bertz CT molecular complexity index is 1240. The van der Waals surface area contributed by atoms with Gasteiger partial charge in [0.1, 0.15) is 10.4 Å². The molecule has 0 bridgehead atoms. The van der Waals surface area contributed by atoms with E-state index in [9.17, 15) is 9.59 Å². The molecule has 0 radical (unpaired) electrons. The molecule has 7 nitrogen and oxygen atoms in total. The van der Waals surface area contributed by atoms with Crippen LogP contribution >= 0.6 is 11.3 Å². The van der Waals surface area contributed by atoms with Gasteiger partial charge in [-0.05, 0) is 29.8 Å². The Morgan fingerprint density at radius 1 is 1.07 bits per heavy atom. The molecule has 0 spiro atoms. The molecule has 28 heavy (non-hydrogen) atoms. The molecule has 2 aromatic heterocycles. The smallest absolute Gasteiger partial charge is 0.337 e. The molecule has 2 aromatic carbocycles. The first kappa shape index (κ1) is 18.0. The Kier molecular flexibility index (Phi) is 4.70. The van der Waals surface area contributed by atoms with E-state index in [1.165, 1.54) is 20.5 Å². The fourth-order valence-electron chi connectivity index (χ4n) is 2.91. The topological polar surface area (TPSA) is 78.2 Å². The van der Waals surface area contributed by atoms with Gasteiger partial charge in [0, 0.05) is 13.6 Å². The monoisotopic (exact) mass is 394 g/mol. The third kappa shape index (κ3) is 3.18. The predicted molar refractivity (Wildman–Crippen MR) is 111 cm³/mol. The SMILES string of the molecule is COc1ccc(CNc2nc3c(s2)c(=O)n(-c2ccccc2)c(=O)n3C)cc1. The van der Waals surface area contributed by atoms with Crippen LogP contribution < -0.4 is 21.3 Å². The number of hydrogen-bond donors (Lipinski definition) is 1. The second-order valence-corrected chi connectivity index (χ2v) is 7.19. The number of fused-ring (bicyclic) bond motifs is 1. The van der Waals surface area contributed by atoms with E-state index in [-0.39, 0.29) is 5.56 Å². The second kappa shape index (κ2) is 7.32. The van der Waals surface area contributed by atoms with Crippen LogP contribution in [0, 0.1) is 0 Å². The van der Waals surface area contributed by atoms with Crippen molar-refractivity contribution in [2.45, 2.75) is 6.54 Å². The number of ether oxygens (including phenoxy) is 1. The number of aryl methyl sites for hydroxylation is 1. The van der Waals surface area contributed by atoms with Crippen molar-refractivity contribution in [1.29, 1.82) is 0 Å². The number of nitrogens with zero attached hydrogens (tertiary/aromatic N) is 3. The zero-order valence-corrected chi connectivity index (χ0v) is 16.2. The van der Waals surface area contributed by atoms with Crippen molar-refractivity contribution in [3.8, 4) is 11.4 Å². The lowest BCUT2D eigenvalue weighted by Gasteiger charge is -2.07. The molecule has 0 aliphatic heterocycles. The second-order valence-electron chi connectivity index (χ2n) is 6.19. The number of thiazole rings is 1. The summed E-state index contributed by atoms with van der Waals surface area (Å²) in [6, 6.07) is 16.6. The van der Waals surface area contributed by atoms with E-state index in [2.05, 4.69) is 10.3 Å². The minimum Gasteiger partial charge on any atom is -0.497 e. The summed E-state index contributed by atoms with van der Waals surface area (Å²) in [4.78, 5) is 30.1. The van der Waals surface area contributed by atoms with E-state index in [4.69, 9.17) is 4.74 Å². The number of rotatable bonds is 5. The summed E-state index contributed by atoms with van der Waals surface area (Å²) in [6.45, 7) is 0.546. The number of benzene rings is 2. The number of nitrogens with one attached hydrogen (secondary N) is 1. The third-order valence-electron chi connectivity index (χ3n) is 4.42. The summed E-state index contributed by atoms with van der Waals surface area (Å²) in [5.41, 5.74) is 1.19. The third-order valence-corrected chi connectivity index (χ3v) is 5.41. The van der Waals surface area contributed by atoms with Crippen LogP contribution in [0.15, 0.2) is 64.2 Å². The highest BCUT2D eigenvalue weighted by molar-refractivity contribution is 7.22. The van der Waals surface area contributed by atoms with Crippen molar-refractivity contribution in [2.75, 3.05) is 12.4 Å². The summed E-state index contributed by atoms with van der Waals surface area (Å²) in [7, 11) is 3.25. The summed E-state index contributed by atoms with van der Waals surface area (Å²) < 4.78 is 8.17. The highest BCUT2D eigenvalue weighted by atomic mass is 32.1. The van der Waals surface area contributed by atoms with Crippen LogP contribution in [0.1, 0.15) is 5.56 Å². The van der Waals surface area contributed by atoms with Crippen molar-refractivity contribution in [3.63, 3.8) is 0 Å². The largest absolute Gasteiger partial charge is 0.497 e. The van der Waals surface area contributed by atoms with E-state index in [0.29, 0.717) is 27.7 Å². The summed E-state index contributed by atoms with van der Waals surface area (Å²) in [5.74, 6) is 0.792. The van der Waals surface area contributed by atoms with Gasteiger partial charge in [0.25, 0.3) is 5.56 Å². The maximum Gasteiger partial charge on any atom is 0.337 e. The molecule has 0 saturated heterocycles. The van der Waals surface area contributed by atoms with Crippen molar-refractivity contribution in [1.82, 2.24) is 14.1 Å². The molecule has 2 heterocycles. The number of hydrogen-bond acceptors (Lipinski definition) is 6. The Morgan fingerprint density at radius 2 is 1.79 bits per heavy atom. The quantitative estimate of drug-likeness (QED) is 0.563. The van der Waals surface area contributed by atoms with E-state index in [1.54, 1.807) is 38.4 Å². The highest BCUT2D eigenvalue weighted by Gasteiger charge is 2.16. The van der Waals surface area contributed by atoms with Gasteiger partial charge >= 0.3 is 5.69 Å². The molecule has 0 fully saturated rings. The van der Waals surface area contributed by atoms with E-state index in [0.717, 1.165) is 11.3 Å². The molecule has 0 aliphatic rings. The average molecular weight is 394 g/mol. The van der Waals surface area contributed by atoms with E-state index in [1.807, 2.05) is 30.3 Å². The van der Waals surface area contributed by atoms with E-state index >= 15 is 0 Å². The molecule has 142 valence electrons. The van der Waals surface area contributed by atoms with Crippen molar-refractivity contribution >= 4 is 26.8 Å². The zero-order chi connectivity index (χ0) is 19.7. The minimum absolute atomic E-state index is 0.362.